The SMILES string of the molecule is O=C([O-])COc1ccc(/C=C2N=C(/C=C/c3ccccc3)OC\2=O)cc1. The number of carboxylic acid groups (broad SMARTS) is 1. The predicted octanol–water partition coefficient (Wildman–Crippen LogP) is 1.82. The Kier molecular flexibility index (Phi) is 5.24. The fourth-order valence-corrected chi connectivity index (χ4v) is 2.19. The lowest BCUT2D eigenvalue weighted by Gasteiger charge is -2.06. The largest absolute Gasteiger partial charge is 0.546 e. The second kappa shape index (κ2) is 7.94. The van der Waals surface area contributed by atoms with Crippen LogP contribution in [0.5, 0.6) is 5.75 Å². The van der Waals surface area contributed by atoms with Crippen molar-refractivity contribution in [2.45, 2.75) is 0 Å². The molecule has 2 aromatic carbocycles. The predicted molar refractivity (Wildman–Crippen MR) is 93.9 cm³/mol. The monoisotopic (exact) mass is 348 g/mol. The molecule has 0 aliphatic carbocycles. The number of carbonyl (C=O) groups excluding carboxylic acids is 2. The maximum Gasteiger partial charge on any atom is 0.363 e. The molecule has 6 heteroatoms. The van der Waals surface area contributed by atoms with E-state index in [1.54, 1.807) is 42.5 Å². The summed E-state index contributed by atoms with van der Waals surface area (Å²) < 4.78 is 10.1. The van der Waals surface area contributed by atoms with Crippen LogP contribution in [0.25, 0.3) is 12.2 Å². The highest BCUT2D eigenvalue weighted by Gasteiger charge is 2.21. The van der Waals surface area contributed by atoms with Crippen LogP contribution in [0.3, 0.4) is 0 Å². The molecule has 0 N–H and O–H groups in total. The highest BCUT2D eigenvalue weighted by atomic mass is 16.6. The lowest BCUT2D eigenvalue weighted by atomic mass is 10.2. The minimum Gasteiger partial charge on any atom is -0.546 e. The Morgan fingerprint density at radius 1 is 1.04 bits per heavy atom. The molecule has 0 fully saturated rings. The minimum absolute atomic E-state index is 0.182. The smallest absolute Gasteiger partial charge is 0.363 e. The molecule has 2 aromatic rings. The Morgan fingerprint density at radius 2 is 1.77 bits per heavy atom. The number of esters is 1. The molecule has 0 saturated carbocycles. The lowest BCUT2D eigenvalue weighted by Crippen LogP contribution is -2.28. The third-order valence-electron chi connectivity index (χ3n) is 3.40. The van der Waals surface area contributed by atoms with Crippen LogP contribution >= 0.6 is 0 Å². The number of hydrogen-bond acceptors (Lipinski definition) is 6. The van der Waals surface area contributed by atoms with Gasteiger partial charge in [-0.25, -0.2) is 9.79 Å². The van der Waals surface area contributed by atoms with E-state index >= 15 is 0 Å². The summed E-state index contributed by atoms with van der Waals surface area (Å²) in [5.41, 5.74) is 1.85. The first-order valence-corrected chi connectivity index (χ1v) is 7.78. The van der Waals surface area contributed by atoms with E-state index in [1.807, 2.05) is 30.3 Å². The van der Waals surface area contributed by atoms with Crippen LogP contribution in [0.4, 0.5) is 0 Å². The van der Waals surface area contributed by atoms with Gasteiger partial charge in [0.25, 0.3) is 0 Å². The van der Waals surface area contributed by atoms with Gasteiger partial charge >= 0.3 is 5.97 Å². The molecular formula is C20H14NO5-. The van der Waals surface area contributed by atoms with Gasteiger partial charge < -0.3 is 19.4 Å². The number of ether oxygens (including phenoxy) is 2. The lowest BCUT2D eigenvalue weighted by molar-refractivity contribution is -0.307. The number of carbonyl (C=O) groups is 2. The molecule has 130 valence electrons. The highest BCUT2D eigenvalue weighted by Crippen LogP contribution is 2.19. The normalized spacial score (nSPS) is 15.2. The Hall–Kier alpha value is -3.67. The quantitative estimate of drug-likeness (QED) is 0.587. The topological polar surface area (TPSA) is 88.0 Å². The summed E-state index contributed by atoms with van der Waals surface area (Å²) in [7, 11) is 0. The van der Waals surface area contributed by atoms with Crippen LogP contribution in [0.2, 0.25) is 0 Å². The van der Waals surface area contributed by atoms with Gasteiger partial charge in [0.05, 0.1) is 5.97 Å². The van der Waals surface area contributed by atoms with Gasteiger partial charge in [-0.3, -0.25) is 0 Å². The van der Waals surface area contributed by atoms with E-state index in [2.05, 4.69) is 4.99 Å². The number of aliphatic carboxylic acids is 1. The number of hydrogen-bond donors (Lipinski definition) is 0. The number of benzene rings is 2. The van der Waals surface area contributed by atoms with E-state index < -0.39 is 18.5 Å². The van der Waals surface area contributed by atoms with Gasteiger partial charge in [-0.15, -0.1) is 0 Å². The van der Waals surface area contributed by atoms with Crippen molar-refractivity contribution in [1.29, 1.82) is 0 Å². The summed E-state index contributed by atoms with van der Waals surface area (Å²) in [5, 5.41) is 10.4. The number of carboxylic acids is 1. The Morgan fingerprint density at radius 3 is 2.46 bits per heavy atom. The molecule has 0 atom stereocenters. The van der Waals surface area contributed by atoms with Gasteiger partial charge in [0, 0.05) is 6.08 Å². The molecule has 0 aromatic heterocycles. The molecule has 0 saturated heterocycles. The molecule has 1 aliphatic rings. The number of rotatable bonds is 6. The van der Waals surface area contributed by atoms with E-state index in [-0.39, 0.29) is 11.6 Å². The fourth-order valence-electron chi connectivity index (χ4n) is 2.19. The number of nitrogens with zero attached hydrogens (tertiary/aromatic N) is 1. The van der Waals surface area contributed by atoms with Crippen LogP contribution < -0.4 is 9.84 Å². The maximum atomic E-state index is 11.9. The van der Waals surface area contributed by atoms with Gasteiger partial charge in [0.15, 0.2) is 5.70 Å². The minimum atomic E-state index is -1.30. The summed E-state index contributed by atoms with van der Waals surface area (Å²) in [6.45, 7) is -0.520. The molecule has 0 spiro atoms. The fraction of sp³-hybridized carbons (Fsp3) is 0.0500. The van der Waals surface area contributed by atoms with Crippen molar-refractivity contribution in [1.82, 2.24) is 0 Å². The average Bonchev–Trinajstić information content (AvgIpc) is 3.00. The number of aliphatic imine (C=N–C) groups is 1. The first kappa shape index (κ1) is 17.2. The van der Waals surface area contributed by atoms with Crippen LogP contribution in [0.15, 0.2) is 71.4 Å². The van der Waals surface area contributed by atoms with Gasteiger partial charge in [-0.2, -0.15) is 0 Å². The van der Waals surface area contributed by atoms with Crippen molar-refractivity contribution in [3.8, 4) is 5.75 Å². The van der Waals surface area contributed by atoms with Crippen molar-refractivity contribution in [3.05, 3.63) is 77.5 Å². The molecule has 0 amide bonds. The molecule has 26 heavy (non-hydrogen) atoms. The van der Waals surface area contributed by atoms with Crippen molar-refractivity contribution < 1.29 is 24.2 Å². The maximum absolute atomic E-state index is 11.9. The molecule has 3 rings (SSSR count). The second-order valence-corrected chi connectivity index (χ2v) is 5.34. The molecule has 6 nitrogen and oxygen atoms in total. The third kappa shape index (κ3) is 4.67. The van der Waals surface area contributed by atoms with Gasteiger partial charge in [0.2, 0.25) is 5.90 Å². The standard InChI is InChI=1S/C20H15NO5/c22-19(23)13-25-16-9-6-15(7-10-16)12-17-20(24)26-18(21-17)11-8-14-4-2-1-3-5-14/h1-12H,13H2,(H,22,23)/p-1/b11-8+,17-12-. The third-order valence-corrected chi connectivity index (χ3v) is 3.40. The summed E-state index contributed by atoms with van der Waals surface area (Å²) in [6, 6.07) is 16.1. The molecule has 0 radical (unpaired) electrons. The Balaban J connectivity index is 1.70. The Labute approximate surface area is 149 Å². The van der Waals surface area contributed by atoms with Crippen molar-refractivity contribution in [3.63, 3.8) is 0 Å². The zero-order chi connectivity index (χ0) is 18.4. The summed E-state index contributed by atoms with van der Waals surface area (Å²) in [4.78, 5) is 26.4. The van der Waals surface area contributed by atoms with E-state index in [1.165, 1.54) is 0 Å². The van der Waals surface area contributed by atoms with Crippen molar-refractivity contribution in [2.24, 2.45) is 4.99 Å². The first-order valence-electron chi connectivity index (χ1n) is 7.78. The van der Waals surface area contributed by atoms with E-state index in [0.29, 0.717) is 11.3 Å². The van der Waals surface area contributed by atoms with Crippen LogP contribution in [0, 0.1) is 0 Å². The first-order chi connectivity index (χ1) is 12.6. The van der Waals surface area contributed by atoms with Gasteiger partial charge in [0.1, 0.15) is 12.4 Å². The van der Waals surface area contributed by atoms with E-state index in [0.717, 1.165) is 5.56 Å². The molecule has 1 heterocycles. The number of cyclic esters (lactones) is 1. The summed E-state index contributed by atoms with van der Waals surface area (Å²) in [6.07, 6.45) is 5.01. The van der Waals surface area contributed by atoms with Crippen molar-refractivity contribution >= 4 is 30.0 Å². The van der Waals surface area contributed by atoms with Crippen LogP contribution in [0.1, 0.15) is 11.1 Å². The average molecular weight is 348 g/mol. The van der Waals surface area contributed by atoms with E-state index in [4.69, 9.17) is 9.47 Å². The molecular weight excluding hydrogens is 334 g/mol. The molecule has 1 aliphatic heterocycles. The van der Waals surface area contributed by atoms with Gasteiger partial charge in [-0.1, -0.05) is 42.5 Å². The van der Waals surface area contributed by atoms with E-state index in [9.17, 15) is 14.7 Å². The zero-order valence-electron chi connectivity index (χ0n) is 13.6. The summed E-state index contributed by atoms with van der Waals surface area (Å²) >= 11 is 0. The van der Waals surface area contributed by atoms with Gasteiger partial charge in [-0.05, 0) is 35.4 Å². The summed E-state index contributed by atoms with van der Waals surface area (Å²) in [5.74, 6) is -1.22. The van der Waals surface area contributed by atoms with Crippen LogP contribution in [-0.2, 0) is 14.3 Å². The Bertz CT molecular complexity index is 896. The molecule has 0 unspecified atom stereocenters. The molecule has 0 bridgehead atoms. The zero-order valence-corrected chi connectivity index (χ0v) is 13.6. The van der Waals surface area contributed by atoms with Crippen molar-refractivity contribution in [2.75, 3.05) is 6.61 Å². The van der Waals surface area contributed by atoms with Crippen LogP contribution in [-0.4, -0.2) is 24.4 Å². The highest BCUT2D eigenvalue weighted by molar-refractivity contribution is 6.11. The second-order valence-electron chi connectivity index (χ2n) is 5.34.